The van der Waals surface area contributed by atoms with E-state index in [0.717, 1.165) is 6.42 Å². The monoisotopic (exact) mass is 168 g/mol. The second-order valence-electron chi connectivity index (χ2n) is 3.97. The Morgan fingerprint density at radius 1 is 1.33 bits per heavy atom. The van der Waals surface area contributed by atoms with Crippen molar-refractivity contribution in [3.05, 3.63) is 0 Å². The van der Waals surface area contributed by atoms with Crippen molar-refractivity contribution >= 4 is 5.91 Å². The van der Waals surface area contributed by atoms with Gasteiger partial charge >= 0.3 is 0 Å². The Kier molecular flexibility index (Phi) is 1.83. The Balaban J connectivity index is 1.97. The van der Waals surface area contributed by atoms with Crippen LogP contribution in [0.15, 0.2) is 0 Å². The minimum atomic E-state index is 0.306. The average Bonchev–Trinajstić information content (AvgIpc) is 2.46. The molecule has 2 heterocycles. The van der Waals surface area contributed by atoms with Crippen molar-refractivity contribution in [2.24, 2.45) is 0 Å². The zero-order chi connectivity index (χ0) is 8.72. The van der Waals surface area contributed by atoms with Crippen molar-refractivity contribution in [1.29, 1.82) is 0 Å². The number of carbonyl (C=O) groups is 1. The van der Waals surface area contributed by atoms with Crippen molar-refractivity contribution in [3.8, 4) is 0 Å². The van der Waals surface area contributed by atoms with E-state index in [4.69, 9.17) is 0 Å². The molecule has 0 aromatic heterocycles. The van der Waals surface area contributed by atoms with Gasteiger partial charge in [0.25, 0.3) is 0 Å². The van der Waals surface area contributed by atoms with Gasteiger partial charge < -0.3 is 9.80 Å². The maximum Gasteiger partial charge on any atom is 0.224 e. The largest absolute Gasteiger partial charge is 0.341 e. The summed E-state index contributed by atoms with van der Waals surface area (Å²) < 4.78 is 0. The molecular formula is C9H16N2O. The predicted molar refractivity (Wildman–Crippen MR) is 46.8 cm³/mol. The Morgan fingerprint density at radius 3 is 2.50 bits per heavy atom. The Morgan fingerprint density at radius 2 is 2.08 bits per heavy atom. The lowest BCUT2D eigenvalue weighted by Crippen LogP contribution is -2.58. The van der Waals surface area contributed by atoms with Crippen LogP contribution in [0.25, 0.3) is 0 Å². The van der Waals surface area contributed by atoms with Crippen LogP contribution in [0.2, 0.25) is 0 Å². The van der Waals surface area contributed by atoms with Crippen molar-refractivity contribution in [3.63, 3.8) is 0 Å². The molecule has 0 spiro atoms. The number of nitrogens with zero attached hydrogens (tertiary/aromatic N) is 2. The van der Waals surface area contributed by atoms with Crippen molar-refractivity contribution < 1.29 is 4.79 Å². The van der Waals surface area contributed by atoms with Crippen LogP contribution < -0.4 is 0 Å². The van der Waals surface area contributed by atoms with Gasteiger partial charge in [0.2, 0.25) is 5.91 Å². The Labute approximate surface area is 73.3 Å². The zero-order valence-electron chi connectivity index (χ0n) is 7.79. The SMILES string of the molecule is CN1CCCC1C1CC(=O)N1C. The van der Waals surface area contributed by atoms with Gasteiger partial charge in [0.15, 0.2) is 0 Å². The van der Waals surface area contributed by atoms with Gasteiger partial charge in [-0.15, -0.1) is 0 Å². The van der Waals surface area contributed by atoms with E-state index in [0.29, 0.717) is 18.0 Å². The van der Waals surface area contributed by atoms with E-state index in [-0.39, 0.29) is 0 Å². The first-order chi connectivity index (χ1) is 5.70. The summed E-state index contributed by atoms with van der Waals surface area (Å²) in [4.78, 5) is 15.3. The maximum absolute atomic E-state index is 11.0. The molecule has 0 N–H and O–H groups in total. The first-order valence-electron chi connectivity index (χ1n) is 4.66. The molecule has 2 unspecified atom stereocenters. The molecule has 0 radical (unpaired) electrons. The van der Waals surface area contributed by atoms with Gasteiger partial charge in [-0.1, -0.05) is 0 Å². The second kappa shape index (κ2) is 2.73. The van der Waals surface area contributed by atoms with E-state index in [2.05, 4.69) is 11.9 Å². The molecule has 2 aliphatic heterocycles. The van der Waals surface area contributed by atoms with Crippen LogP contribution >= 0.6 is 0 Å². The van der Waals surface area contributed by atoms with Crippen LogP contribution in [0.3, 0.4) is 0 Å². The van der Waals surface area contributed by atoms with E-state index in [1.54, 1.807) is 0 Å². The standard InChI is InChI=1S/C9H16N2O/c1-10-5-3-4-7(10)8-6-9(12)11(8)2/h7-8H,3-6H2,1-2H3. The van der Waals surface area contributed by atoms with Gasteiger partial charge in [0.05, 0.1) is 6.04 Å². The van der Waals surface area contributed by atoms with E-state index in [1.807, 2.05) is 11.9 Å². The number of rotatable bonds is 1. The molecule has 2 atom stereocenters. The lowest BCUT2D eigenvalue weighted by molar-refractivity contribution is -0.146. The van der Waals surface area contributed by atoms with Crippen LogP contribution in [-0.2, 0) is 4.79 Å². The maximum atomic E-state index is 11.0. The molecule has 2 aliphatic rings. The third-order valence-electron chi connectivity index (χ3n) is 3.30. The number of amides is 1. The third-order valence-corrected chi connectivity index (χ3v) is 3.30. The fraction of sp³-hybridized carbons (Fsp3) is 0.889. The highest BCUT2D eigenvalue weighted by atomic mass is 16.2. The number of hydrogen-bond acceptors (Lipinski definition) is 2. The highest BCUT2D eigenvalue weighted by Gasteiger charge is 2.41. The molecular weight excluding hydrogens is 152 g/mol. The lowest BCUT2D eigenvalue weighted by Gasteiger charge is -2.43. The highest BCUT2D eigenvalue weighted by molar-refractivity contribution is 5.83. The first-order valence-corrected chi connectivity index (χ1v) is 4.66. The van der Waals surface area contributed by atoms with Gasteiger partial charge in [0.1, 0.15) is 0 Å². The van der Waals surface area contributed by atoms with E-state index in [1.165, 1.54) is 19.4 Å². The van der Waals surface area contributed by atoms with Gasteiger partial charge in [-0.25, -0.2) is 0 Å². The molecule has 12 heavy (non-hydrogen) atoms. The number of likely N-dealkylation sites (N-methyl/N-ethyl adjacent to an activating group) is 2. The van der Waals surface area contributed by atoms with E-state index in [9.17, 15) is 4.79 Å². The number of hydrogen-bond donors (Lipinski definition) is 0. The minimum absolute atomic E-state index is 0.306. The van der Waals surface area contributed by atoms with Crippen LogP contribution in [0.1, 0.15) is 19.3 Å². The molecule has 2 rings (SSSR count). The molecule has 0 aromatic rings. The molecule has 3 heteroatoms. The summed E-state index contributed by atoms with van der Waals surface area (Å²) in [5.41, 5.74) is 0. The molecule has 0 bridgehead atoms. The van der Waals surface area contributed by atoms with Crippen molar-refractivity contribution in [1.82, 2.24) is 9.80 Å². The molecule has 2 saturated heterocycles. The zero-order valence-corrected chi connectivity index (χ0v) is 7.79. The summed E-state index contributed by atoms with van der Waals surface area (Å²) in [6.45, 7) is 1.20. The smallest absolute Gasteiger partial charge is 0.224 e. The van der Waals surface area contributed by atoms with E-state index >= 15 is 0 Å². The predicted octanol–water partition coefficient (Wildman–Crippen LogP) is 0.311. The molecule has 0 aromatic carbocycles. The van der Waals surface area contributed by atoms with Crippen LogP contribution in [0.4, 0.5) is 0 Å². The normalized spacial score (nSPS) is 37.2. The Bertz CT molecular complexity index is 205. The van der Waals surface area contributed by atoms with Gasteiger partial charge in [-0.05, 0) is 26.4 Å². The topological polar surface area (TPSA) is 23.6 Å². The Hall–Kier alpha value is -0.570. The van der Waals surface area contributed by atoms with Crippen LogP contribution in [-0.4, -0.2) is 48.4 Å². The molecule has 68 valence electrons. The summed E-state index contributed by atoms with van der Waals surface area (Å²) in [6, 6.07) is 1.14. The summed E-state index contributed by atoms with van der Waals surface area (Å²) in [6.07, 6.45) is 3.32. The van der Waals surface area contributed by atoms with Crippen molar-refractivity contribution in [2.75, 3.05) is 20.6 Å². The summed E-state index contributed by atoms with van der Waals surface area (Å²) in [5.74, 6) is 0.306. The van der Waals surface area contributed by atoms with Crippen LogP contribution in [0.5, 0.6) is 0 Å². The quantitative estimate of drug-likeness (QED) is 0.526. The second-order valence-corrected chi connectivity index (χ2v) is 3.97. The van der Waals surface area contributed by atoms with Gasteiger partial charge in [-0.2, -0.15) is 0 Å². The third kappa shape index (κ3) is 1.04. The number of carbonyl (C=O) groups excluding carboxylic acids is 1. The average molecular weight is 168 g/mol. The van der Waals surface area contributed by atoms with Gasteiger partial charge in [-0.3, -0.25) is 4.79 Å². The van der Waals surface area contributed by atoms with Crippen molar-refractivity contribution in [2.45, 2.75) is 31.3 Å². The molecule has 0 aliphatic carbocycles. The summed E-state index contributed by atoms with van der Waals surface area (Å²) in [7, 11) is 4.08. The lowest BCUT2D eigenvalue weighted by atomic mass is 9.93. The molecule has 0 saturated carbocycles. The fourth-order valence-electron chi connectivity index (χ4n) is 2.35. The molecule has 2 fully saturated rings. The van der Waals surface area contributed by atoms with Gasteiger partial charge in [0, 0.05) is 19.5 Å². The first kappa shape index (κ1) is 8.05. The minimum Gasteiger partial charge on any atom is -0.341 e. The highest BCUT2D eigenvalue weighted by Crippen LogP contribution is 2.28. The summed E-state index contributed by atoms with van der Waals surface area (Å²) in [5, 5.41) is 0. The van der Waals surface area contributed by atoms with Crippen LogP contribution in [0, 0.1) is 0 Å². The fourth-order valence-corrected chi connectivity index (χ4v) is 2.35. The van der Waals surface area contributed by atoms with E-state index < -0.39 is 0 Å². The molecule has 3 nitrogen and oxygen atoms in total. The number of β-lactam (4-membered cyclic amide) rings is 1. The number of likely N-dealkylation sites (tertiary alicyclic amines) is 2. The molecule has 1 amide bonds. The summed E-state index contributed by atoms with van der Waals surface area (Å²) >= 11 is 0.